The van der Waals surface area contributed by atoms with Crippen LogP contribution in [-0.4, -0.2) is 65.7 Å². The molecule has 3 aromatic rings. The number of halogens is 2. The minimum atomic E-state index is -2.89. The van der Waals surface area contributed by atoms with Gasteiger partial charge < -0.3 is 18.9 Å². The zero-order valence-corrected chi connectivity index (χ0v) is 17.4. The summed E-state index contributed by atoms with van der Waals surface area (Å²) in [5.74, 6) is 1.64. The number of benzene rings is 2. The molecule has 10 heteroatoms. The molecule has 4 rings (SSSR count). The molecular weight excluding hydrogens is 422 g/mol. The van der Waals surface area contributed by atoms with E-state index in [1.807, 2.05) is 24.3 Å². The molecule has 1 fully saturated rings. The molecule has 1 aliphatic rings. The zero-order chi connectivity index (χ0) is 22.5. The van der Waals surface area contributed by atoms with Gasteiger partial charge >= 0.3 is 6.61 Å². The van der Waals surface area contributed by atoms with Crippen LogP contribution in [0.25, 0.3) is 11.4 Å². The van der Waals surface area contributed by atoms with Gasteiger partial charge in [0.05, 0.1) is 13.7 Å². The summed E-state index contributed by atoms with van der Waals surface area (Å²) in [6.07, 6.45) is 0. The fraction of sp³-hybridized carbons (Fsp3) is 0.318. The number of aromatic nitrogens is 2. The lowest BCUT2D eigenvalue weighted by atomic mass is 10.1. The van der Waals surface area contributed by atoms with Crippen molar-refractivity contribution in [3.8, 4) is 22.9 Å². The Bertz CT molecular complexity index is 1030. The van der Waals surface area contributed by atoms with Crippen molar-refractivity contribution in [2.75, 3.05) is 33.3 Å². The van der Waals surface area contributed by atoms with Gasteiger partial charge in [-0.15, -0.1) is 0 Å². The first-order valence-corrected chi connectivity index (χ1v) is 10.1. The Kier molecular flexibility index (Phi) is 6.60. The lowest BCUT2D eigenvalue weighted by molar-refractivity contribution is -0.0498. The number of carbonyl (C=O) groups is 1. The molecule has 1 aromatic heterocycles. The molecule has 168 valence electrons. The van der Waals surface area contributed by atoms with Gasteiger partial charge in [-0.3, -0.25) is 9.69 Å². The smallest absolute Gasteiger partial charge is 0.387 e. The van der Waals surface area contributed by atoms with Gasteiger partial charge in [-0.05, 0) is 48.5 Å². The average molecular weight is 444 g/mol. The summed E-state index contributed by atoms with van der Waals surface area (Å²) in [6.45, 7) is -0.0286. The lowest BCUT2D eigenvalue weighted by Gasteiger charge is -2.34. The van der Waals surface area contributed by atoms with E-state index in [4.69, 9.17) is 9.26 Å². The van der Waals surface area contributed by atoms with Crippen LogP contribution in [0.15, 0.2) is 53.1 Å². The van der Waals surface area contributed by atoms with Crippen molar-refractivity contribution in [1.29, 1.82) is 0 Å². The maximum atomic E-state index is 12.7. The topological polar surface area (TPSA) is 80.9 Å². The van der Waals surface area contributed by atoms with Gasteiger partial charge in [0.25, 0.3) is 5.91 Å². The van der Waals surface area contributed by atoms with Gasteiger partial charge in [0, 0.05) is 37.3 Å². The molecule has 8 nitrogen and oxygen atoms in total. The molecule has 32 heavy (non-hydrogen) atoms. The summed E-state index contributed by atoms with van der Waals surface area (Å²) >= 11 is 0. The van der Waals surface area contributed by atoms with Crippen LogP contribution in [0.1, 0.15) is 16.2 Å². The molecule has 0 atom stereocenters. The molecule has 0 aliphatic carbocycles. The molecule has 1 amide bonds. The molecule has 0 saturated carbocycles. The van der Waals surface area contributed by atoms with E-state index in [1.54, 1.807) is 12.0 Å². The number of amides is 1. The number of ether oxygens (including phenoxy) is 2. The first-order valence-electron chi connectivity index (χ1n) is 10.1. The summed E-state index contributed by atoms with van der Waals surface area (Å²) in [7, 11) is 1.61. The van der Waals surface area contributed by atoms with Crippen LogP contribution in [0.2, 0.25) is 0 Å². The van der Waals surface area contributed by atoms with Gasteiger partial charge in [-0.1, -0.05) is 5.16 Å². The standard InChI is InChI=1S/C22H22F2N4O4/c1-30-17-6-2-15(3-7-17)20-25-19(32-26-20)14-27-10-12-28(13-11-27)21(29)16-4-8-18(9-5-16)31-22(23)24/h2-9,22H,10-14H2,1H3. The van der Waals surface area contributed by atoms with Crippen LogP contribution in [0.3, 0.4) is 0 Å². The van der Waals surface area contributed by atoms with Crippen molar-refractivity contribution in [3.05, 3.63) is 60.0 Å². The van der Waals surface area contributed by atoms with Gasteiger partial charge in [0.15, 0.2) is 0 Å². The number of rotatable bonds is 7. The quantitative estimate of drug-likeness (QED) is 0.553. The molecular formula is C22H22F2N4O4. The zero-order valence-electron chi connectivity index (χ0n) is 17.4. The second-order valence-corrected chi connectivity index (χ2v) is 7.21. The summed E-state index contributed by atoms with van der Waals surface area (Å²) in [5.41, 5.74) is 1.27. The second-order valence-electron chi connectivity index (χ2n) is 7.21. The molecule has 0 bridgehead atoms. The molecule has 1 aliphatic heterocycles. The normalized spacial score (nSPS) is 14.6. The Morgan fingerprint density at radius 1 is 1.03 bits per heavy atom. The molecule has 1 saturated heterocycles. The van der Waals surface area contributed by atoms with E-state index in [9.17, 15) is 13.6 Å². The highest BCUT2D eigenvalue weighted by Gasteiger charge is 2.23. The number of hydrogen-bond acceptors (Lipinski definition) is 7. The number of carbonyl (C=O) groups excluding carboxylic acids is 1. The molecule has 0 spiro atoms. The summed E-state index contributed by atoms with van der Waals surface area (Å²) in [6, 6.07) is 13.1. The number of nitrogens with zero attached hydrogens (tertiary/aromatic N) is 4. The predicted octanol–water partition coefficient (Wildman–Crippen LogP) is 3.30. The van der Waals surface area contributed by atoms with E-state index in [1.165, 1.54) is 24.3 Å². The molecule has 0 unspecified atom stereocenters. The van der Waals surface area contributed by atoms with Crippen LogP contribution in [-0.2, 0) is 6.54 Å². The van der Waals surface area contributed by atoms with E-state index in [2.05, 4.69) is 19.8 Å². The summed E-state index contributed by atoms with van der Waals surface area (Å²) in [4.78, 5) is 21.0. The van der Waals surface area contributed by atoms with Gasteiger partial charge in [0.1, 0.15) is 11.5 Å². The first kappa shape index (κ1) is 21.7. The number of methoxy groups -OCH3 is 1. The van der Waals surface area contributed by atoms with Crippen molar-refractivity contribution >= 4 is 5.91 Å². The first-order chi connectivity index (χ1) is 15.5. The maximum absolute atomic E-state index is 12.7. The highest BCUT2D eigenvalue weighted by Crippen LogP contribution is 2.21. The van der Waals surface area contributed by atoms with Crippen LogP contribution in [0.4, 0.5) is 8.78 Å². The minimum absolute atomic E-state index is 0.0231. The summed E-state index contributed by atoms with van der Waals surface area (Å²) < 4.78 is 39.4. The van der Waals surface area contributed by atoms with Crippen LogP contribution in [0, 0.1) is 0 Å². The fourth-order valence-corrected chi connectivity index (χ4v) is 3.44. The third kappa shape index (κ3) is 5.20. The third-order valence-corrected chi connectivity index (χ3v) is 5.16. The predicted molar refractivity (Wildman–Crippen MR) is 111 cm³/mol. The van der Waals surface area contributed by atoms with E-state index >= 15 is 0 Å². The monoisotopic (exact) mass is 444 g/mol. The van der Waals surface area contributed by atoms with E-state index in [-0.39, 0.29) is 11.7 Å². The van der Waals surface area contributed by atoms with Crippen molar-refractivity contribution in [2.45, 2.75) is 13.2 Å². The Hall–Kier alpha value is -3.53. The van der Waals surface area contributed by atoms with Gasteiger partial charge in [-0.2, -0.15) is 13.8 Å². The van der Waals surface area contributed by atoms with Crippen LogP contribution in [0.5, 0.6) is 11.5 Å². The molecule has 2 aromatic carbocycles. The third-order valence-electron chi connectivity index (χ3n) is 5.16. The largest absolute Gasteiger partial charge is 0.497 e. The van der Waals surface area contributed by atoms with Crippen molar-refractivity contribution in [2.24, 2.45) is 0 Å². The summed E-state index contributed by atoms with van der Waals surface area (Å²) in [5, 5.41) is 4.04. The van der Waals surface area contributed by atoms with E-state index in [0.717, 1.165) is 11.3 Å². The molecule has 0 N–H and O–H groups in total. The molecule has 0 radical (unpaired) electrons. The highest BCUT2D eigenvalue weighted by molar-refractivity contribution is 5.94. The van der Waals surface area contributed by atoms with Crippen molar-refractivity contribution in [3.63, 3.8) is 0 Å². The van der Waals surface area contributed by atoms with Crippen molar-refractivity contribution in [1.82, 2.24) is 19.9 Å². The highest BCUT2D eigenvalue weighted by atomic mass is 19.3. The van der Waals surface area contributed by atoms with Gasteiger partial charge in [0.2, 0.25) is 11.7 Å². The fourth-order valence-electron chi connectivity index (χ4n) is 3.44. The van der Waals surface area contributed by atoms with Crippen LogP contribution < -0.4 is 9.47 Å². The van der Waals surface area contributed by atoms with E-state index in [0.29, 0.717) is 50.0 Å². The lowest BCUT2D eigenvalue weighted by Crippen LogP contribution is -2.48. The van der Waals surface area contributed by atoms with Crippen LogP contribution >= 0.6 is 0 Å². The Labute approximate surface area is 183 Å². The van der Waals surface area contributed by atoms with E-state index < -0.39 is 6.61 Å². The number of piperazine rings is 1. The SMILES string of the molecule is COc1ccc(-c2noc(CN3CCN(C(=O)c4ccc(OC(F)F)cc4)CC3)n2)cc1. The number of hydrogen-bond donors (Lipinski definition) is 0. The number of alkyl halides is 2. The van der Waals surface area contributed by atoms with Crippen molar-refractivity contribution < 1.29 is 27.6 Å². The Morgan fingerprint density at radius 2 is 1.69 bits per heavy atom. The molecule has 2 heterocycles. The maximum Gasteiger partial charge on any atom is 0.387 e. The minimum Gasteiger partial charge on any atom is -0.497 e. The second kappa shape index (κ2) is 9.73. The Morgan fingerprint density at radius 3 is 2.31 bits per heavy atom. The van der Waals surface area contributed by atoms with Gasteiger partial charge in [-0.25, -0.2) is 0 Å². The average Bonchev–Trinajstić information content (AvgIpc) is 3.28. The Balaban J connectivity index is 1.29.